The Labute approximate surface area is 128 Å². The number of aromatic nitrogens is 2. The normalized spacial score (nSPS) is 25.8. The fraction of sp³-hybridized carbons (Fsp3) is 0.824. The molecule has 0 bridgehead atoms. The van der Waals surface area contributed by atoms with Crippen molar-refractivity contribution in [2.75, 3.05) is 13.1 Å². The Morgan fingerprint density at radius 1 is 1.33 bits per heavy atom. The van der Waals surface area contributed by atoms with E-state index < -0.39 is 0 Å². The van der Waals surface area contributed by atoms with Gasteiger partial charge in [0.2, 0.25) is 0 Å². The van der Waals surface area contributed by atoms with Crippen LogP contribution in [0.1, 0.15) is 57.8 Å². The van der Waals surface area contributed by atoms with Gasteiger partial charge in [0, 0.05) is 37.8 Å². The monoisotopic (exact) mass is 290 g/mol. The van der Waals surface area contributed by atoms with Crippen molar-refractivity contribution in [2.24, 2.45) is 0 Å². The van der Waals surface area contributed by atoms with Gasteiger partial charge in [0.25, 0.3) is 0 Å². The van der Waals surface area contributed by atoms with E-state index in [-0.39, 0.29) is 0 Å². The van der Waals surface area contributed by atoms with Crippen LogP contribution in [0.25, 0.3) is 0 Å². The van der Waals surface area contributed by atoms with Gasteiger partial charge in [-0.25, -0.2) is 0 Å². The first-order valence-corrected chi connectivity index (χ1v) is 8.71. The molecule has 1 aliphatic heterocycles. The largest absolute Gasteiger partial charge is 0.311 e. The minimum absolute atomic E-state index is 0.404. The zero-order valence-corrected chi connectivity index (χ0v) is 13.9. The Balaban J connectivity index is 1.82. The summed E-state index contributed by atoms with van der Waals surface area (Å²) < 4.78 is 2.20. The second-order valence-electron chi connectivity index (χ2n) is 6.89. The Morgan fingerprint density at radius 3 is 2.76 bits per heavy atom. The van der Waals surface area contributed by atoms with Crippen LogP contribution in [0.5, 0.6) is 0 Å². The van der Waals surface area contributed by atoms with E-state index in [0.29, 0.717) is 11.6 Å². The van der Waals surface area contributed by atoms with E-state index in [0.717, 1.165) is 32.6 Å². The number of rotatable bonds is 4. The van der Waals surface area contributed by atoms with E-state index >= 15 is 0 Å². The molecule has 1 unspecified atom stereocenters. The maximum Gasteiger partial charge on any atom is 0.0625 e. The van der Waals surface area contributed by atoms with Crippen LogP contribution in [0.15, 0.2) is 6.07 Å². The lowest BCUT2D eigenvalue weighted by molar-refractivity contribution is 0.0370. The Hall–Kier alpha value is -0.870. The molecule has 4 heteroatoms. The molecule has 1 saturated carbocycles. The van der Waals surface area contributed by atoms with Gasteiger partial charge in [-0.15, -0.1) is 0 Å². The Kier molecular flexibility index (Phi) is 4.36. The first-order valence-electron chi connectivity index (χ1n) is 8.71. The zero-order chi connectivity index (χ0) is 14.9. The molecule has 2 heterocycles. The van der Waals surface area contributed by atoms with Crippen LogP contribution < -0.4 is 5.32 Å². The minimum atomic E-state index is 0.404. The van der Waals surface area contributed by atoms with Crippen LogP contribution in [0.4, 0.5) is 0 Å². The summed E-state index contributed by atoms with van der Waals surface area (Å²) in [5.41, 5.74) is 3.03. The summed E-state index contributed by atoms with van der Waals surface area (Å²) in [5.74, 6) is 0. The highest BCUT2D eigenvalue weighted by Gasteiger charge is 2.42. The predicted octanol–water partition coefficient (Wildman–Crippen LogP) is 2.57. The van der Waals surface area contributed by atoms with Gasteiger partial charge in [0.05, 0.1) is 11.4 Å². The highest BCUT2D eigenvalue weighted by atomic mass is 15.3. The van der Waals surface area contributed by atoms with Crippen LogP contribution in [0.3, 0.4) is 0 Å². The zero-order valence-electron chi connectivity index (χ0n) is 13.9. The lowest BCUT2D eigenvalue weighted by atomic mass is 9.91. The summed E-state index contributed by atoms with van der Waals surface area (Å²) in [7, 11) is 0. The van der Waals surface area contributed by atoms with Gasteiger partial charge in [-0.2, -0.15) is 5.10 Å². The summed E-state index contributed by atoms with van der Waals surface area (Å²) in [6, 6.07) is 2.92. The molecule has 118 valence electrons. The van der Waals surface area contributed by atoms with Gasteiger partial charge in [-0.3, -0.25) is 9.58 Å². The summed E-state index contributed by atoms with van der Waals surface area (Å²) in [6.45, 7) is 11.1. The first-order chi connectivity index (χ1) is 10.2. The highest BCUT2D eigenvalue weighted by molar-refractivity contribution is 5.12. The first kappa shape index (κ1) is 15.0. The standard InChI is InChI=1S/C17H30N4/c1-4-15-10-16(21(5-2)19-15)12-20-11-14(3)18-13-17(20)8-6-7-9-17/h10,14,18H,4-9,11-13H2,1-3H3. The molecule has 1 aliphatic carbocycles. The fourth-order valence-corrected chi connectivity index (χ4v) is 4.11. The number of hydrogen-bond donors (Lipinski definition) is 1. The van der Waals surface area contributed by atoms with Gasteiger partial charge in [-0.1, -0.05) is 19.8 Å². The Morgan fingerprint density at radius 2 is 2.10 bits per heavy atom. The number of hydrogen-bond acceptors (Lipinski definition) is 3. The number of nitrogens with zero attached hydrogens (tertiary/aromatic N) is 3. The van der Waals surface area contributed by atoms with Crippen molar-refractivity contribution in [1.29, 1.82) is 0 Å². The molecular formula is C17H30N4. The van der Waals surface area contributed by atoms with Crippen molar-refractivity contribution in [1.82, 2.24) is 20.0 Å². The molecule has 2 aliphatic rings. The molecule has 1 aromatic heterocycles. The van der Waals surface area contributed by atoms with E-state index in [1.807, 2.05) is 0 Å². The van der Waals surface area contributed by atoms with Crippen molar-refractivity contribution in [3.05, 3.63) is 17.5 Å². The average Bonchev–Trinajstić information content (AvgIpc) is 3.10. The van der Waals surface area contributed by atoms with E-state index in [2.05, 4.69) is 41.7 Å². The fourth-order valence-electron chi connectivity index (χ4n) is 4.11. The summed E-state index contributed by atoms with van der Waals surface area (Å²) in [4.78, 5) is 2.75. The molecule has 0 radical (unpaired) electrons. The predicted molar refractivity (Wildman–Crippen MR) is 86.4 cm³/mol. The molecule has 4 nitrogen and oxygen atoms in total. The molecule has 3 rings (SSSR count). The minimum Gasteiger partial charge on any atom is -0.311 e. The van der Waals surface area contributed by atoms with Crippen molar-refractivity contribution in [3.8, 4) is 0 Å². The third-order valence-electron chi connectivity index (χ3n) is 5.41. The number of aryl methyl sites for hydroxylation is 2. The molecule has 21 heavy (non-hydrogen) atoms. The van der Waals surface area contributed by atoms with E-state index in [1.165, 1.54) is 37.1 Å². The van der Waals surface area contributed by atoms with Gasteiger partial charge in [-0.05, 0) is 39.2 Å². The third kappa shape index (κ3) is 2.88. The summed E-state index contributed by atoms with van der Waals surface area (Å²) in [5, 5.41) is 8.43. The van der Waals surface area contributed by atoms with E-state index in [9.17, 15) is 0 Å². The lowest BCUT2D eigenvalue weighted by Crippen LogP contribution is -2.62. The van der Waals surface area contributed by atoms with Crippen LogP contribution in [0, 0.1) is 0 Å². The second-order valence-corrected chi connectivity index (χ2v) is 6.89. The van der Waals surface area contributed by atoms with Crippen LogP contribution in [-0.4, -0.2) is 39.4 Å². The second kappa shape index (κ2) is 6.09. The summed E-state index contributed by atoms with van der Waals surface area (Å²) >= 11 is 0. The molecule has 1 saturated heterocycles. The van der Waals surface area contributed by atoms with Gasteiger partial charge in [0.1, 0.15) is 0 Å². The molecule has 1 N–H and O–H groups in total. The quantitative estimate of drug-likeness (QED) is 0.925. The van der Waals surface area contributed by atoms with Crippen molar-refractivity contribution < 1.29 is 0 Å². The molecule has 2 fully saturated rings. The van der Waals surface area contributed by atoms with Crippen molar-refractivity contribution >= 4 is 0 Å². The Bertz CT molecular complexity index is 473. The van der Waals surface area contributed by atoms with Gasteiger partial charge in [0.15, 0.2) is 0 Å². The van der Waals surface area contributed by atoms with Gasteiger partial charge < -0.3 is 5.32 Å². The van der Waals surface area contributed by atoms with E-state index in [1.54, 1.807) is 0 Å². The van der Waals surface area contributed by atoms with Crippen molar-refractivity contribution in [2.45, 2.75) is 77.5 Å². The van der Waals surface area contributed by atoms with Gasteiger partial charge >= 0.3 is 0 Å². The third-order valence-corrected chi connectivity index (χ3v) is 5.41. The molecule has 1 spiro atoms. The molecule has 1 aromatic rings. The van der Waals surface area contributed by atoms with Crippen LogP contribution in [0.2, 0.25) is 0 Å². The average molecular weight is 290 g/mol. The SMILES string of the molecule is CCc1cc(CN2CC(C)NCC23CCCC3)n(CC)n1. The smallest absolute Gasteiger partial charge is 0.0625 e. The maximum absolute atomic E-state index is 4.72. The molecule has 0 amide bonds. The number of piperazine rings is 1. The summed E-state index contributed by atoms with van der Waals surface area (Å²) in [6.07, 6.45) is 6.52. The highest BCUT2D eigenvalue weighted by Crippen LogP contribution is 2.37. The molecule has 1 atom stereocenters. The van der Waals surface area contributed by atoms with Crippen LogP contribution >= 0.6 is 0 Å². The van der Waals surface area contributed by atoms with Crippen molar-refractivity contribution in [3.63, 3.8) is 0 Å². The number of nitrogens with one attached hydrogen (secondary N) is 1. The van der Waals surface area contributed by atoms with E-state index in [4.69, 9.17) is 5.10 Å². The molecular weight excluding hydrogens is 260 g/mol. The molecule has 0 aromatic carbocycles. The lowest BCUT2D eigenvalue weighted by Gasteiger charge is -2.47. The topological polar surface area (TPSA) is 33.1 Å². The van der Waals surface area contributed by atoms with Crippen LogP contribution in [-0.2, 0) is 19.5 Å². The maximum atomic E-state index is 4.72.